The lowest BCUT2D eigenvalue weighted by molar-refractivity contribution is 0.100. The topological polar surface area (TPSA) is 48.0 Å². The van der Waals surface area contributed by atoms with E-state index in [0.717, 1.165) is 49.6 Å². The Balaban J connectivity index is 1.63. The lowest BCUT2D eigenvalue weighted by Crippen LogP contribution is -2.11. The summed E-state index contributed by atoms with van der Waals surface area (Å²) in [4.78, 5) is 12.4. The molecule has 1 aromatic heterocycles. The van der Waals surface area contributed by atoms with E-state index in [1.54, 1.807) is 6.07 Å². The fourth-order valence-corrected chi connectivity index (χ4v) is 5.69. The molecule has 1 radical (unpaired) electrons. The third kappa shape index (κ3) is 4.07. The highest BCUT2D eigenvalue weighted by molar-refractivity contribution is 6.39. The maximum absolute atomic E-state index is 12.4. The summed E-state index contributed by atoms with van der Waals surface area (Å²) in [6.45, 7) is 0.584. The van der Waals surface area contributed by atoms with E-state index in [-0.39, 0.29) is 0 Å². The maximum atomic E-state index is 12.4. The van der Waals surface area contributed by atoms with Crippen molar-refractivity contribution in [2.45, 2.75) is 6.54 Å². The molecule has 1 heterocycles. The zero-order valence-corrected chi connectivity index (χ0v) is 21.2. The van der Waals surface area contributed by atoms with Crippen LogP contribution in [0.25, 0.3) is 44.1 Å². The van der Waals surface area contributed by atoms with Gasteiger partial charge in [0, 0.05) is 38.5 Å². The van der Waals surface area contributed by atoms with Gasteiger partial charge < -0.3 is 10.3 Å². The van der Waals surface area contributed by atoms with Gasteiger partial charge in [0.05, 0.1) is 11.0 Å². The number of hydrogen-bond donors (Lipinski definition) is 1. The van der Waals surface area contributed by atoms with Crippen molar-refractivity contribution in [3.8, 4) is 22.3 Å². The van der Waals surface area contributed by atoms with Crippen LogP contribution in [0.4, 0.5) is 0 Å². The van der Waals surface area contributed by atoms with Crippen LogP contribution in [0.5, 0.6) is 0 Å². The third-order valence-electron chi connectivity index (χ3n) is 6.74. The van der Waals surface area contributed by atoms with Crippen molar-refractivity contribution < 1.29 is 4.79 Å². The lowest BCUT2D eigenvalue weighted by atomic mass is 9.99. The number of nitrogens with two attached hydrogens (primary N) is 1. The van der Waals surface area contributed by atoms with Gasteiger partial charge in [-0.1, -0.05) is 89.9 Å². The van der Waals surface area contributed by atoms with Crippen LogP contribution in [0.1, 0.15) is 15.9 Å². The second kappa shape index (κ2) is 9.44. The van der Waals surface area contributed by atoms with Crippen molar-refractivity contribution in [3.63, 3.8) is 0 Å². The standard InChI is InChI=1S/C32H21Cl2N2O/c33-26-13-7-14-27(34)30(26)21-16-17-24-29(18-21)36(28-15-6-12-25(31(24)28)32(35)37)19-22-10-4-5-11-23(22)20-8-2-1-3-9-20/h1-16,18H,19H2,(H2,35,37). The highest BCUT2D eigenvalue weighted by Gasteiger charge is 2.19. The normalized spacial score (nSPS) is 11.3. The number of fused-ring (bicyclic) bond motifs is 3. The number of benzene rings is 5. The molecule has 6 aromatic rings. The van der Waals surface area contributed by atoms with E-state index in [2.05, 4.69) is 41.0 Å². The van der Waals surface area contributed by atoms with E-state index in [0.29, 0.717) is 22.2 Å². The Bertz CT molecular complexity index is 1790. The Kier molecular flexibility index (Phi) is 5.96. The first kappa shape index (κ1) is 23.4. The van der Waals surface area contributed by atoms with Crippen LogP contribution in [0.15, 0.2) is 103 Å². The lowest BCUT2D eigenvalue weighted by Gasteiger charge is -2.14. The van der Waals surface area contributed by atoms with Gasteiger partial charge in [-0.25, -0.2) is 0 Å². The Morgan fingerprint density at radius 1 is 0.784 bits per heavy atom. The van der Waals surface area contributed by atoms with E-state index >= 15 is 0 Å². The first-order valence-corrected chi connectivity index (χ1v) is 12.6. The number of nitrogens with zero attached hydrogens (tertiary/aromatic N) is 1. The number of aromatic nitrogens is 1. The molecule has 0 aliphatic carbocycles. The molecule has 0 spiro atoms. The third-order valence-corrected chi connectivity index (χ3v) is 7.37. The predicted octanol–water partition coefficient (Wildman–Crippen LogP) is 8.38. The average molecular weight is 520 g/mol. The summed E-state index contributed by atoms with van der Waals surface area (Å²) >= 11 is 13.1. The molecule has 2 N–H and O–H groups in total. The van der Waals surface area contributed by atoms with Gasteiger partial charge in [0.2, 0.25) is 5.91 Å². The van der Waals surface area contributed by atoms with Crippen molar-refractivity contribution in [1.82, 2.24) is 4.57 Å². The molecule has 0 saturated heterocycles. The Morgan fingerprint density at radius 2 is 1.49 bits per heavy atom. The Labute approximate surface area is 224 Å². The molecule has 1 amide bonds. The summed E-state index contributed by atoms with van der Waals surface area (Å²) in [6, 6.07) is 37.2. The monoisotopic (exact) mass is 519 g/mol. The van der Waals surface area contributed by atoms with Crippen LogP contribution in [-0.4, -0.2) is 10.5 Å². The van der Waals surface area contributed by atoms with Gasteiger partial charge >= 0.3 is 0 Å². The number of halogens is 2. The van der Waals surface area contributed by atoms with Gasteiger partial charge in [-0.2, -0.15) is 0 Å². The molecular formula is C32H21Cl2N2O. The summed E-state index contributed by atoms with van der Waals surface area (Å²) in [5, 5.41) is 2.75. The fraction of sp³-hybridized carbons (Fsp3) is 0.0312. The molecule has 0 aliphatic heterocycles. The van der Waals surface area contributed by atoms with Crippen molar-refractivity contribution in [2.24, 2.45) is 5.73 Å². The number of primary amides is 1. The molecule has 5 heteroatoms. The minimum Gasteiger partial charge on any atom is -0.366 e. The predicted molar refractivity (Wildman–Crippen MR) is 153 cm³/mol. The van der Waals surface area contributed by atoms with Gasteiger partial charge in [0.1, 0.15) is 0 Å². The van der Waals surface area contributed by atoms with Crippen LogP contribution >= 0.6 is 23.2 Å². The largest absolute Gasteiger partial charge is 0.366 e. The minimum atomic E-state index is -0.471. The molecule has 0 unspecified atom stereocenters. The summed E-state index contributed by atoms with van der Waals surface area (Å²) in [5.41, 5.74) is 13.1. The summed E-state index contributed by atoms with van der Waals surface area (Å²) < 4.78 is 2.21. The molecule has 179 valence electrons. The zero-order chi connectivity index (χ0) is 25.5. The zero-order valence-electron chi connectivity index (χ0n) is 19.7. The van der Waals surface area contributed by atoms with Gasteiger partial charge in [-0.05, 0) is 64.7 Å². The second-order valence-corrected chi connectivity index (χ2v) is 9.73. The van der Waals surface area contributed by atoms with Crippen LogP contribution in [0.2, 0.25) is 10.0 Å². The van der Waals surface area contributed by atoms with Crippen molar-refractivity contribution in [3.05, 3.63) is 130 Å². The molecule has 37 heavy (non-hydrogen) atoms. The highest BCUT2D eigenvalue weighted by Crippen LogP contribution is 2.39. The van der Waals surface area contributed by atoms with Gasteiger partial charge in [0.15, 0.2) is 0 Å². The molecular weight excluding hydrogens is 499 g/mol. The number of carbonyl (C=O) groups is 1. The number of rotatable bonds is 5. The summed E-state index contributed by atoms with van der Waals surface area (Å²) in [7, 11) is 0. The molecule has 3 nitrogen and oxygen atoms in total. The molecule has 6 rings (SSSR count). The van der Waals surface area contributed by atoms with E-state index in [1.807, 2.05) is 66.7 Å². The number of hydrogen-bond acceptors (Lipinski definition) is 1. The fourth-order valence-electron chi connectivity index (χ4n) is 5.08. The van der Waals surface area contributed by atoms with E-state index in [1.165, 1.54) is 0 Å². The molecule has 5 aromatic carbocycles. The van der Waals surface area contributed by atoms with Crippen LogP contribution in [-0.2, 0) is 6.54 Å². The van der Waals surface area contributed by atoms with E-state index < -0.39 is 5.91 Å². The SMILES string of the molecule is NC(=O)c1cccc2c1c1[c]cc(-c3c(Cl)cccc3Cl)cc1n2Cc1ccccc1-c1ccccc1. The number of carbonyl (C=O) groups excluding carboxylic acids is 1. The summed E-state index contributed by atoms with van der Waals surface area (Å²) in [5.74, 6) is -0.471. The molecule has 0 aliphatic rings. The molecule has 0 saturated carbocycles. The molecule has 0 bridgehead atoms. The van der Waals surface area contributed by atoms with Gasteiger partial charge in [0.25, 0.3) is 0 Å². The van der Waals surface area contributed by atoms with E-state index in [4.69, 9.17) is 28.9 Å². The van der Waals surface area contributed by atoms with Gasteiger partial charge in [-0.15, -0.1) is 0 Å². The maximum Gasteiger partial charge on any atom is 0.249 e. The van der Waals surface area contributed by atoms with Crippen molar-refractivity contribution in [1.29, 1.82) is 0 Å². The average Bonchev–Trinajstić information content (AvgIpc) is 3.22. The number of amides is 1. The van der Waals surface area contributed by atoms with Crippen LogP contribution in [0.3, 0.4) is 0 Å². The van der Waals surface area contributed by atoms with Crippen LogP contribution < -0.4 is 5.73 Å². The second-order valence-electron chi connectivity index (χ2n) is 8.92. The Hall–Kier alpha value is -4.05. The van der Waals surface area contributed by atoms with Crippen molar-refractivity contribution >= 4 is 50.9 Å². The Morgan fingerprint density at radius 3 is 2.24 bits per heavy atom. The van der Waals surface area contributed by atoms with Crippen LogP contribution in [0, 0.1) is 6.07 Å². The smallest absolute Gasteiger partial charge is 0.249 e. The first-order chi connectivity index (χ1) is 18.0. The summed E-state index contributed by atoms with van der Waals surface area (Å²) in [6.07, 6.45) is 0. The van der Waals surface area contributed by atoms with E-state index in [9.17, 15) is 4.79 Å². The molecule has 0 atom stereocenters. The minimum absolute atomic E-state index is 0.470. The first-order valence-electron chi connectivity index (χ1n) is 11.9. The highest BCUT2D eigenvalue weighted by atomic mass is 35.5. The molecule has 0 fully saturated rings. The quantitative estimate of drug-likeness (QED) is 0.244. The van der Waals surface area contributed by atoms with Gasteiger partial charge in [-0.3, -0.25) is 4.79 Å². The van der Waals surface area contributed by atoms with Crippen molar-refractivity contribution in [2.75, 3.05) is 0 Å².